The van der Waals surface area contributed by atoms with Crippen molar-refractivity contribution in [2.75, 3.05) is 11.4 Å². The minimum Gasteiger partial charge on any atom is -0.481 e. The van der Waals surface area contributed by atoms with Crippen LogP contribution in [0, 0.1) is 0 Å². The Morgan fingerprint density at radius 3 is 2.16 bits per heavy atom. The number of nitrogens with zero attached hydrogens (tertiary/aromatic N) is 3. The van der Waals surface area contributed by atoms with Crippen LogP contribution in [0.2, 0.25) is 0 Å². The predicted octanol–water partition coefficient (Wildman–Crippen LogP) is 6.64. The Balaban J connectivity index is 1.13. The second-order valence-corrected chi connectivity index (χ2v) is 16.3. The van der Waals surface area contributed by atoms with Gasteiger partial charge in [0.05, 0.1) is 11.0 Å². The van der Waals surface area contributed by atoms with Gasteiger partial charge >= 0.3 is 11.9 Å². The van der Waals surface area contributed by atoms with Gasteiger partial charge in [0.15, 0.2) is 0 Å². The number of aromatic nitrogens is 1. The first-order valence-corrected chi connectivity index (χ1v) is 20.0. The lowest BCUT2D eigenvalue weighted by Crippen LogP contribution is -2.36. The minimum atomic E-state index is -1.23. The Morgan fingerprint density at radius 2 is 1.51 bits per heavy atom. The van der Waals surface area contributed by atoms with Crippen LogP contribution >= 0.6 is 35.3 Å². The van der Waals surface area contributed by atoms with Crippen molar-refractivity contribution in [1.29, 1.82) is 0 Å². The number of thiazole rings is 1. The van der Waals surface area contributed by atoms with Crippen molar-refractivity contribution in [3.05, 3.63) is 150 Å². The van der Waals surface area contributed by atoms with E-state index in [0.29, 0.717) is 16.5 Å². The smallest absolute Gasteiger partial charge is 0.323 e. The van der Waals surface area contributed by atoms with Gasteiger partial charge in [0, 0.05) is 29.9 Å². The number of thioether (sulfide) groups is 1. The maximum absolute atomic E-state index is 13.7. The van der Waals surface area contributed by atoms with Gasteiger partial charge < -0.3 is 15.1 Å². The van der Waals surface area contributed by atoms with Crippen molar-refractivity contribution < 1.29 is 24.6 Å². The molecule has 0 spiro atoms. The molecule has 2 unspecified atom stereocenters. The molecular weight excluding hydrogens is 751 g/mol. The number of carbonyl (C=O) groups is 3. The Kier molecular flexibility index (Phi) is 10.1. The van der Waals surface area contributed by atoms with Crippen LogP contribution in [-0.2, 0) is 20.9 Å². The van der Waals surface area contributed by atoms with E-state index >= 15 is 0 Å². The van der Waals surface area contributed by atoms with Crippen molar-refractivity contribution in [2.24, 2.45) is 0 Å². The van der Waals surface area contributed by atoms with Gasteiger partial charge in [-0.2, -0.15) is 0 Å². The van der Waals surface area contributed by atoms with E-state index in [1.807, 2.05) is 18.2 Å². The largest absolute Gasteiger partial charge is 0.481 e. The first-order valence-electron chi connectivity index (χ1n) is 17.9. The molecule has 0 radical (unpaired) electrons. The monoisotopic (exact) mass is 785 g/mol. The summed E-state index contributed by atoms with van der Waals surface area (Å²) in [5.41, 5.74) is 8.33. The summed E-state index contributed by atoms with van der Waals surface area (Å²) in [6, 6.07) is 36.1. The highest BCUT2D eigenvalue weighted by Gasteiger charge is 2.42. The third-order valence-electron chi connectivity index (χ3n) is 10.3. The van der Waals surface area contributed by atoms with Gasteiger partial charge in [-0.25, -0.2) is 0 Å². The predicted molar refractivity (Wildman–Crippen MR) is 222 cm³/mol. The molecule has 2 aliphatic heterocycles. The van der Waals surface area contributed by atoms with E-state index in [9.17, 15) is 24.3 Å². The standard InChI is InChI=1S/C43H35N3O6S3/c47-37(48)20-21-44-41(52)39(55-43(44)53)42-45(25-38(49)50)40(51)36(54-42)24-27-16-19-35-33(23-27)31-12-7-13-34(31)46(35)30-17-14-26(15-18-30)22-32(28-8-3-1-4-9-28)29-10-5-2-6-11-29/h1-6,8-11,14-19,22-24,31,34H,7,12-13,20-21,25H2,(H,47,48)(H,49,50). The SMILES string of the molecule is O=C(O)CCN1C(=O)C(=c2sc(=Cc3ccc4c(c3)C3CCCC3N4c3ccc(C=C(c4ccccc4)c4ccccc4)cc3)c(=O)n2CC(=O)O)SC1=S. The van der Waals surface area contributed by atoms with E-state index in [1.165, 1.54) is 10.5 Å². The number of hydrogen-bond acceptors (Lipinski definition) is 8. The quantitative estimate of drug-likeness (QED) is 0.119. The lowest BCUT2D eigenvalue weighted by Gasteiger charge is -2.27. The van der Waals surface area contributed by atoms with Crippen LogP contribution in [0.15, 0.2) is 108 Å². The Labute approximate surface area is 330 Å². The highest BCUT2D eigenvalue weighted by molar-refractivity contribution is 8.30. The lowest BCUT2D eigenvalue weighted by molar-refractivity contribution is -0.138. The van der Waals surface area contributed by atoms with E-state index in [1.54, 1.807) is 6.08 Å². The van der Waals surface area contributed by atoms with E-state index in [4.69, 9.17) is 17.3 Å². The molecule has 276 valence electrons. The molecule has 8 rings (SSSR count). The third kappa shape index (κ3) is 7.20. The van der Waals surface area contributed by atoms with Gasteiger partial charge in [-0.1, -0.05) is 109 Å². The van der Waals surface area contributed by atoms with Crippen LogP contribution in [0.25, 0.3) is 22.6 Å². The highest BCUT2D eigenvalue weighted by Crippen LogP contribution is 2.52. The fourth-order valence-corrected chi connectivity index (χ4v) is 10.4. The number of carboxylic acids is 2. The number of aliphatic carboxylic acids is 2. The van der Waals surface area contributed by atoms with Crippen molar-refractivity contribution in [3.63, 3.8) is 0 Å². The molecule has 55 heavy (non-hydrogen) atoms. The number of anilines is 2. The van der Waals surface area contributed by atoms with Gasteiger partial charge in [0.1, 0.15) is 20.4 Å². The molecular formula is C43H35N3O6S3. The zero-order chi connectivity index (χ0) is 38.2. The number of carboxylic acid groups (broad SMARTS) is 2. The van der Waals surface area contributed by atoms with Gasteiger partial charge in [-0.15, -0.1) is 11.3 Å². The first kappa shape index (κ1) is 36.4. The molecule has 1 aromatic heterocycles. The van der Waals surface area contributed by atoms with Crippen LogP contribution in [0.5, 0.6) is 0 Å². The second-order valence-electron chi connectivity index (χ2n) is 13.7. The molecule has 9 nitrogen and oxygen atoms in total. The molecule has 5 aromatic rings. The molecule has 3 aliphatic rings. The summed E-state index contributed by atoms with van der Waals surface area (Å²) in [5, 5.41) is 18.8. The number of hydrogen-bond donors (Lipinski definition) is 2. The molecule has 1 amide bonds. The molecule has 12 heteroatoms. The van der Waals surface area contributed by atoms with Gasteiger partial charge in [0.2, 0.25) is 0 Å². The summed E-state index contributed by atoms with van der Waals surface area (Å²) in [7, 11) is 0. The second kappa shape index (κ2) is 15.3. The van der Waals surface area contributed by atoms with Crippen LogP contribution in [0.3, 0.4) is 0 Å². The average Bonchev–Trinajstić information content (AvgIpc) is 3.93. The molecule has 3 heterocycles. The average molecular weight is 786 g/mol. The summed E-state index contributed by atoms with van der Waals surface area (Å²) in [6.07, 6.45) is 6.93. The molecule has 0 bridgehead atoms. The van der Waals surface area contributed by atoms with Crippen molar-refractivity contribution in [2.45, 2.75) is 44.2 Å². The third-order valence-corrected chi connectivity index (χ3v) is 13.0. The molecule has 4 aromatic carbocycles. The molecule has 1 aliphatic carbocycles. The van der Waals surface area contributed by atoms with Crippen LogP contribution in [0.4, 0.5) is 11.4 Å². The van der Waals surface area contributed by atoms with E-state index in [2.05, 4.69) is 95.9 Å². The van der Waals surface area contributed by atoms with E-state index in [-0.39, 0.29) is 26.9 Å². The number of thiocarbonyl (C=S) groups is 1. The van der Waals surface area contributed by atoms with Crippen LogP contribution in [-0.4, -0.2) is 54.4 Å². The fraction of sp³-hybridized carbons (Fsp3) is 0.186. The summed E-state index contributed by atoms with van der Waals surface area (Å²) in [6.45, 7) is -0.745. The van der Waals surface area contributed by atoms with Crippen LogP contribution in [0.1, 0.15) is 59.4 Å². The minimum absolute atomic E-state index is 0.115. The summed E-state index contributed by atoms with van der Waals surface area (Å²) in [5.74, 6) is -2.51. The molecule has 1 saturated heterocycles. The van der Waals surface area contributed by atoms with Gasteiger partial charge in [-0.3, -0.25) is 28.6 Å². The fourth-order valence-electron chi connectivity index (χ4n) is 7.81. The number of benzene rings is 4. The highest BCUT2D eigenvalue weighted by atomic mass is 32.2. The molecule has 1 saturated carbocycles. The lowest BCUT2D eigenvalue weighted by atomic mass is 9.95. The maximum atomic E-state index is 13.7. The maximum Gasteiger partial charge on any atom is 0.323 e. The normalized spacial score (nSPS) is 18.8. The Hall–Kier alpha value is -5.56. The number of fused-ring (bicyclic) bond motifs is 3. The topological polar surface area (TPSA) is 120 Å². The molecule has 2 fully saturated rings. The van der Waals surface area contributed by atoms with Crippen molar-refractivity contribution in [3.8, 4) is 0 Å². The number of rotatable bonds is 10. The summed E-state index contributed by atoms with van der Waals surface area (Å²) in [4.78, 5) is 53.7. The van der Waals surface area contributed by atoms with Gasteiger partial charge in [-0.05, 0) is 82.6 Å². The first-order chi connectivity index (χ1) is 26.7. The summed E-state index contributed by atoms with van der Waals surface area (Å²) >= 11 is 7.34. The number of carbonyl (C=O) groups excluding carboxylic acids is 1. The zero-order valence-corrected chi connectivity index (χ0v) is 31.9. The number of amides is 1. The zero-order valence-electron chi connectivity index (χ0n) is 29.5. The van der Waals surface area contributed by atoms with Crippen LogP contribution < -0.4 is 19.7 Å². The summed E-state index contributed by atoms with van der Waals surface area (Å²) < 4.78 is 1.74. The Morgan fingerprint density at radius 1 is 0.836 bits per heavy atom. The molecule has 2 N–H and O–H groups in total. The van der Waals surface area contributed by atoms with E-state index in [0.717, 1.165) is 86.1 Å². The van der Waals surface area contributed by atoms with Crippen molar-refractivity contribution in [1.82, 2.24) is 9.47 Å². The van der Waals surface area contributed by atoms with E-state index < -0.39 is 29.9 Å². The molecule has 2 atom stereocenters. The van der Waals surface area contributed by atoms with Crippen molar-refractivity contribution >= 4 is 91.5 Å². The van der Waals surface area contributed by atoms with Gasteiger partial charge in [0.25, 0.3) is 11.5 Å². The Bertz CT molecular complexity index is 2520.